The zero-order chi connectivity index (χ0) is 13.3. The molecule has 0 aliphatic carbocycles. The summed E-state index contributed by atoms with van der Waals surface area (Å²) in [5.41, 5.74) is -0.725. The van der Waals surface area contributed by atoms with Gasteiger partial charge < -0.3 is 10.4 Å². The fourth-order valence-corrected chi connectivity index (χ4v) is 4.44. The summed E-state index contributed by atoms with van der Waals surface area (Å²) in [6.07, 6.45) is 0.754. The molecule has 1 aliphatic rings. The number of thiophene rings is 1. The minimum atomic E-state index is -0.725. The number of carbonyl (C=O) groups excluding carboxylic acids is 1. The summed E-state index contributed by atoms with van der Waals surface area (Å²) >= 11 is 3.22. The maximum atomic E-state index is 12.1. The molecule has 0 radical (unpaired) electrons. The van der Waals surface area contributed by atoms with Crippen molar-refractivity contribution in [3.63, 3.8) is 0 Å². The Morgan fingerprint density at radius 1 is 1.42 bits per heavy atom. The van der Waals surface area contributed by atoms with E-state index in [4.69, 9.17) is 0 Å². The fourth-order valence-electron chi connectivity index (χ4n) is 2.16. The largest absolute Gasteiger partial charge is 0.387 e. The number of nitrogens with one attached hydrogen (secondary N) is 1. The molecule has 0 saturated carbocycles. The Morgan fingerprint density at radius 2 is 2.26 bits per heavy atom. The highest BCUT2D eigenvalue weighted by molar-refractivity contribution is 7.99. The zero-order valence-electron chi connectivity index (χ0n) is 10.4. The monoisotopic (exact) mass is 293 g/mol. The Balaban J connectivity index is 1.69. The van der Waals surface area contributed by atoms with E-state index in [9.17, 15) is 9.90 Å². The molecule has 2 aromatic rings. The van der Waals surface area contributed by atoms with Crippen molar-refractivity contribution < 1.29 is 9.90 Å². The Morgan fingerprint density at radius 3 is 3.00 bits per heavy atom. The van der Waals surface area contributed by atoms with Crippen molar-refractivity contribution in [3.8, 4) is 0 Å². The van der Waals surface area contributed by atoms with Crippen LogP contribution >= 0.6 is 23.1 Å². The lowest BCUT2D eigenvalue weighted by Gasteiger charge is -2.21. The van der Waals surface area contributed by atoms with E-state index >= 15 is 0 Å². The predicted octanol–water partition coefficient (Wildman–Crippen LogP) is 2.50. The number of hydrogen-bond donors (Lipinski definition) is 2. The molecule has 1 fully saturated rings. The van der Waals surface area contributed by atoms with Crippen LogP contribution in [0.1, 0.15) is 16.1 Å². The molecular weight excluding hydrogens is 278 g/mol. The lowest BCUT2D eigenvalue weighted by atomic mass is 10.0. The minimum absolute atomic E-state index is 0.0912. The number of carbonyl (C=O) groups is 1. The predicted molar refractivity (Wildman–Crippen MR) is 81.1 cm³/mol. The summed E-state index contributed by atoms with van der Waals surface area (Å²) in [6.45, 7) is 0.340. The first-order valence-electron chi connectivity index (χ1n) is 6.23. The van der Waals surface area contributed by atoms with Crippen LogP contribution in [0.2, 0.25) is 0 Å². The first kappa shape index (κ1) is 13.0. The van der Waals surface area contributed by atoms with Gasteiger partial charge in [-0.15, -0.1) is 11.3 Å². The van der Waals surface area contributed by atoms with E-state index in [0.29, 0.717) is 17.2 Å². The molecule has 100 valence electrons. The maximum Gasteiger partial charge on any atom is 0.261 e. The molecule has 2 N–H and O–H groups in total. The highest BCUT2D eigenvalue weighted by Crippen LogP contribution is 2.28. The number of thioether (sulfide) groups is 1. The Labute approximate surface area is 120 Å². The van der Waals surface area contributed by atoms with Crippen LogP contribution in [0.15, 0.2) is 30.3 Å². The summed E-state index contributed by atoms with van der Waals surface area (Å²) in [6, 6.07) is 9.86. The summed E-state index contributed by atoms with van der Waals surface area (Å²) in [5, 5.41) is 14.1. The van der Waals surface area contributed by atoms with E-state index in [1.54, 1.807) is 11.8 Å². The van der Waals surface area contributed by atoms with E-state index in [1.165, 1.54) is 11.3 Å². The molecule has 1 aromatic carbocycles. The van der Waals surface area contributed by atoms with Crippen LogP contribution in [0.3, 0.4) is 0 Å². The van der Waals surface area contributed by atoms with Gasteiger partial charge in [0, 0.05) is 17.0 Å². The molecular formula is C14H15NO2S2. The van der Waals surface area contributed by atoms with Crippen molar-refractivity contribution in [1.82, 2.24) is 5.32 Å². The second-order valence-corrected chi connectivity index (χ2v) is 7.05. The zero-order valence-corrected chi connectivity index (χ0v) is 12.0. The van der Waals surface area contributed by atoms with Crippen molar-refractivity contribution in [2.24, 2.45) is 0 Å². The van der Waals surface area contributed by atoms with E-state index in [0.717, 1.165) is 22.3 Å². The Kier molecular flexibility index (Phi) is 3.52. The van der Waals surface area contributed by atoms with Crippen LogP contribution in [-0.4, -0.2) is 34.7 Å². The average Bonchev–Trinajstić information content (AvgIpc) is 3.02. The van der Waals surface area contributed by atoms with Crippen LogP contribution in [0.25, 0.3) is 10.1 Å². The van der Waals surface area contributed by atoms with Crippen LogP contribution in [0.4, 0.5) is 0 Å². The number of rotatable bonds is 3. The topological polar surface area (TPSA) is 49.3 Å². The van der Waals surface area contributed by atoms with Gasteiger partial charge in [-0.05, 0) is 29.7 Å². The lowest BCUT2D eigenvalue weighted by Crippen LogP contribution is -2.42. The molecule has 3 rings (SSSR count). The molecule has 1 unspecified atom stereocenters. The molecule has 19 heavy (non-hydrogen) atoms. The molecule has 1 saturated heterocycles. The van der Waals surface area contributed by atoms with Gasteiger partial charge in [-0.1, -0.05) is 18.2 Å². The highest BCUT2D eigenvalue weighted by Gasteiger charge is 2.32. The maximum absolute atomic E-state index is 12.1. The third-order valence-corrected chi connectivity index (χ3v) is 5.66. The van der Waals surface area contributed by atoms with Crippen LogP contribution < -0.4 is 5.32 Å². The van der Waals surface area contributed by atoms with Crippen LogP contribution in [0.5, 0.6) is 0 Å². The van der Waals surface area contributed by atoms with E-state index in [1.807, 2.05) is 30.3 Å². The number of amides is 1. The second kappa shape index (κ2) is 5.15. The van der Waals surface area contributed by atoms with Gasteiger partial charge in [0.2, 0.25) is 0 Å². The molecule has 3 nitrogen and oxygen atoms in total. The summed E-state index contributed by atoms with van der Waals surface area (Å²) in [4.78, 5) is 12.8. The molecule has 0 bridgehead atoms. The lowest BCUT2D eigenvalue weighted by molar-refractivity contribution is 0.0614. The number of aliphatic hydroxyl groups is 1. The van der Waals surface area contributed by atoms with Gasteiger partial charge in [0.05, 0.1) is 10.5 Å². The molecule has 0 spiro atoms. The van der Waals surface area contributed by atoms with E-state index in [2.05, 4.69) is 5.32 Å². The quantitative estimate of drug-likeness (QED) is 0.914. The summed E-state index contributed by atoms with van der Waals surface area (Å²) in [5.74, 6) is 1.58. The Bertz CT molecular complexity index is 569. The average molecular weight is 293 g/mol. The van der Waals surface area contributed by atoms with Gasteiger partial charge in [0.1, 0.15) is 0 Å². The molecule has 1 amide bonds. The number of fused-ring (bicyclic) bond motifs is 1. The van der Waals surface area contributed by atoms with Gasteiger partial charge in [0.15, 0.2) is 0 Å². The molecule has 1 aliphatic heterocycles. The third-order valence-electron chi connectivity index (χ3n) is 3.31. The second-order valence-electron chi connectivity index (χ2n) is 4.86. The van der Waals surface area contributed by atoms with Crippen molar-refractivity contribution in [2.75, 3.05) is 18.1 Å². The van der Waals surface area contributed by atoms with Crippen molar-refractivity contribution in [2.45, 2.75) is 12.0 Å². The SMILES string of the molecule is O=C(NCC1(O)CCSC1)c1cc2ccccc2s1. The smallest absolute Gasteiger partial charge is 0.261 e. The molecule has 1 aromatic heterocycles. The van der Waals surface area contributed by atoms with Crippen molar-refractivity contribution in [3.05, 3.63) is 35.2 Å². The van der Waals surface area contributed by atoms with E-state index < -0.39 is 5.60 Å². The van der Waals surface area contributed by atoms with Gasteiger partial charge >= 0.3 is 0 Å². The van der Waals surface area contributed by atoms with Crippen LogP contribution in [-0.2, 0) is 0 Å². The van der Waals surface area contributed by atoms with Gasteiger partial charge in [-0.25, -0.2) is 0 Å². The third kappa shape index (κ3) is 2.78. The minimum Gasteiger partial charge on any atom is -0.387 e. The fraction of sp³-hybridized carbons (Fsp3) is 0.357. The van der Waals surface area contributed by atoms with Crippen molar-refractivity contribution in [1.29, 1.82) is 0 Å². The summed E-state index contributed by atoms with van der Waals surface area (Å²) < 4.78 is 1.11. The van der Waals surface area contributed by atoms with Gasteiger partial charge in [-0.2, -0.15) is 11.8 Å². The normalized spacial score (nSPS) is 22.8. The first-order valence-corrected chi connectivity index (χ1v) is 8.20. The van der Waals surface area contributed by atoms with E-state index in [-0.39, 0.29) is 5.91 Å². The highest BCUT2D eigenvalue weighted by atomic mass is 32.2. The Hall–Kier alpha value is -1.04. The summed E-state index contributed by atoms with van der Waals surface area (Å²) in [7, 11) is 0. The molecule has 1 atom stereocenters. The van der Waals surface area contributed by atoms with Gasteiger partial charge in [0.25, 0.3) is 5.91 Å². The van der Waals surface area contributed by atoms with Crippen LogP contribution in [0, 0.1) is 0 Å². The van der Waals surface area contributed by atoms with Crippen molar-refractivity contribution >= 4 is 39.1 Å². The standard InChI is InChI=1S/C14H15NO2S2/c16-13(15-8-14(17)5-6-18-9-14)12-7-10-3-1-2-4-11(10)19-12/h1-4,7,17H,5-6,8-9H2,(H,15,16). The number of hydrogen-bond acceptors (Lipinski definition) is 4. The first-order chi connectivity index (χ1) is 9.16. The number of benzene rings is 1. The molecule has 2 heterocycles. The van der Waals surface area contributed by atoms with Gasteiger partial charge in [-0.3, -0.25) is 4.79 Å². The molecule has 5 heteroatoms.